The van der Waals surface area contributed by atoms with Crippen LogP contribution in [0.1, 0.15) is 5.56 Å². The largest absolute Gasteiger partial charge is 0.368 e. The van der Waals surface area contributed by atoms with Crippen LogP contribution in [-0.2, 0) is 16.4 Å². The minimum Gasteiger partial charge on any atom is -0.368 e. The van der Waals surface area contributed by atoms with Gasteiger partial charge in [0.1, 0.15) is 5.52 Å². The number of hydrogen-bond donors (Lipinski definition) is 3. The van der Waals surface area contributed by atoms with E-state index in [-0.39, 0.29) is 5.95 Å². The van der Waals surface area contributed by atoms with Gasteiger partial charge in [-0.05, 0) is 17.7 Å². The van der Waals surface area contributed by atoms with Gasteiger partial charge in [0, 0.05) is 12.8 Å². The van der Waals surface area contributed by atoms with E-state index in [2.05, 4.69) is 25.3 Å². The molecule has 4 N–H and O–H groups in total. The smallest absolute Gasteiger partial charge is 0.224 e. The molecule has 0 unspecified atom stereocenters. The first-order valence-electron chi connectivity index (χ1n) is 6.43. The Hall–Kier alpha value is -2.68. The molecule has 9 heteroatoms. The minimum absolute atomic E-state index is 0.134. The van der Waals surface area contributed by atoms with Crippen molar-refractivity contribution in [2.45, 2.75) is 11.4 Å². The lowest BCUT2D eigenvalue weighted by molar-refractivity contribution is 0.602. The topological polar surface area (TPSA) is 127 Å². The lowest BCUT2D eigenvalue weighted by atomic mass is 10.2. The molecule has 114 valence electrons. The predicted molar refractivity (Wildman–Crippen MR) is 83.0 cm³/mol. The maximum atomic E-state index is 11.4. The summed E-state index contributed by atoms with van der Waals surface area (Å²) in [5, 5.41) is 3.14. The lowest BCUT2D eigenvalue weighted by Crippen LogP contribution is -2.06. The molecule has 0 aliphatic heterocycles. The minimum atomic E-state index is -3.18. The average Bonchev–Trinajstić information content (AvgIpc) is 2.92. The van der Waals surface area contributed by atoms with E-state index in [0.29, 0.717) is 28.4 Å². The summed E-state index contributed by atoms with van der Waals surface area (Å²) < 4.78 is 22.8. The third kappa shape index (κ3) is 2.84. The number of benzene rings is 1. The van der Waals surface area contributed by atoms with E-state index in [1.54, 1.807) is 24.3 Å². The Balaban J connectivity index is 1.81. The highest BCUT2D eigenvalue weighted by atomic mass is 32.2. The third-order valence-corrected chi connectivity index (χ3v) is 4.24. The summed E-state index contributed by atoms with van der Waals surface area (Å²) in [7, 11) is -3.18. The van der Waals surface area contributed by atoms with Crippen molar-refractivity contribution in [3.8, 4) is 0 Å². The molecular weight excluding hydrogens is 304 g/mol. The second-order valence-corrected chi connectivity index (χ2v) is 6.82. The summed E-state index contributed by atoms with van der Waals surface area (Å²) in [6.07, 6.45) is 2.70. The summed E-state index contributed by atoms with van der Waals surface area (Å²) >= 11 is 0. The Kier molecular flexibility index (Phi) is 3.41. The highest BCUT2D eigenvalue weighted by Gasteiger charge is 2.09. The second kappa shape index (κ2) is 5.26. The molecule has 0 aliphatic rings. The fraction of sp³-hybridized carbons (Fsp3) is 0.154. The van der Waals surface area contributed by atoms with Crippen LogP contribution in [0.15, 0.2) is 35.5 Å². The van der Waals surface area contributed by atoms with Gasteiger partial charge in [-0.15, -0.1) is 0 Å². The Labute approximate surface area is 126 Å². The first-order valence-corrected chi connectivity index (χ1v) is 8.32. The number of sulfone groups is 1. The lowest BCUT2D eigenvalue weighted by Gasteiger charge is -2.07. The number of nitrogen functional groups attached to an aromatic ring is 1. The molecule has 0 aliphatic carbocycles. The van der Waals surface area contributed by atoms with Crippen molar-refractivity contribution in [2.24, 2.45) is 0 Å². The van der Waals surface area contributed by atoms with Gasteiger partial charge in [0.2, 0.25) is 5.95 Å². The standard InChI is InChI=1S/C13H14N6O2S/c1-22(20,21)9-4-2-8(3-5-9)6-15-11-10-12(17-7-16-10)19-13(14)18-11/h2-5,7H,6H2,1H3,(H4,14,15,16,17,18,19). The van der Waals surface area contributed by atoms with Crippen LogP contribution in [0.25, 0.3) is 11.2 Å². The molecule has 0 fully saturated rings. The molecule has 3 aromatic rings. The van der Waals surface area contributed by atoms with Crippen molar-refractivity contribution >= 4 is 32.8 Å². The van der Waals surface area contributed by atoms with Crippen LogP contribution in [0.4, 0.5) is 11.8 Å². The predicted octanol–water partition coefficient (Wildman–Crippen LogP) is 0.951. The van der Waals surface area contributed by atoms with Crippen LogP contribution in [0, 0.1) is 0 Å². The summed E-state index contributed by atoms with van der Waals surface area (Å²) in [6, 6.07) is 6.65. The van der Waals surface area contributed by atoms with Crippen LogP contribution in [0.3, 0.4) is 0 Å². The molecule has 1 aromatic carbocycles. The number of imidazole rings is 1. The van der Waals surface area contributed by atoms with E-state index in [0.717, 1.165) is 5.56 Å². The fourth-order valence-electron chi connectivity index (χ4n) is 2.02. The Morgan fingerprint density at radius 1 is 1.23 bits per heavy atom. The second-order valence-electron chi connectivity index (χ2n) is 4.80. The van der Waals surface area contributed by atoms with E-state index in [1.165, 1.54) is 12.6 Å². The van der Waals surface area contributed by atoms with Gasteiger partial charge in [-0.1, -0.05) is 12.1 Å². The number of aromatic nitrogens is 4. The van der Waals surface area contributed by atoms with Gasteiger partial charge in [-0.25, -0.2) is 13.4 Å². The number of rotatable bonds is 4. The number of anilines is 2. The SMILES string of the molecule is CS(=O)(=O)c1ccc(CNc2nc(N)nc3nc[nH]c23)cc1. The van der Waals surface area contributed by atoms with E-state index in [1.807, 2.05) is 0 Å². The number of hydrogen-bond acceptors (Lipinski definition) is 7. The summed E-state index contributed by atoms with van der Waals surface area (Å²) in [6.45, 7) is 0.467. The van der Waals surface area contributed by atoms with Crippen LogP contribution >= 0.6 is 0 Å². The molecule has 3 rings (SSSR count). The highest BCUT2D eigenvalue weighted by Crippen LogP contribution is 2.18. The first-order chi connectivity index (χ1) is 10.4. The maximum Gasteiger partial charge on any atom is 0.224 e. The van der Waals surface area contributed by atoms with Gasteiger partial charge < -0.3 is 16.0 Å². The van der Waals surface area contributed by atoms with Crippen molar-refractivity contribution in [1.82, 2.24) is 19.9 Å². The van der Waals surface area contributed by atoms with E-state index < -0.39 is 9.84 Å². The number of H-pyrrole nitrogens is 1. The van der Waals surface area contributed by atoms with Gasteiger partial charge in [0.05, 0.1) is 11.2 Å². The van der Waals surface area contributed by atoms with Crippen LogP contribution in [-0.4, -0.2) is 34.6 Å². The number of fused-ring (bicyclic) bond motifs is 1. The van der Waals surface area contributed by atoms with Crippen molar-refractivity contribution in [3.05, 3.63) is 36.2 Å². The molecule has 8 nitrogen and oxygen atoms in total. The van der Waals surface area contributed by atoms with Gasteiger partial charge in [0.25, 0.3) is 0 Å². The maximum absolute atomic E-state index is 11.4. The monoisotopic (exact) mass is 318 g/mol. The van der Waals surface area contributed by atoms with Gasteiger partial charge >= 0.3 is 0 Å². The Morgan fingerprint density at radius 3 is 2.64 bits per heavy atom. The third-order valence-electron chi connectivity index (χ3n) is 3.11. The molecule has 0 spiro atoms. The zero-order chi connectivity index (χ0) is 15.7. The molecule has 0 amide bonds. The molecule has 2 heterocycles. The average molecular weight is 318 g/mol. The molecule has 0 saturated carbocycles. The van der Waals surface area contributed by atoms with Crippen molar-refractivity contribution in [3.63, 3.8) is 0 Å². The highest BCUT2D eigenvalue weighted by molar-refractivity contribution is 7.90. The number of nitrogens with one attached hydrogen (secondary N) is 2. The fourth-order valence-corrected chi connectivity index (χ4v) is 2.65. The number of nitrogens with two attached hydrogens (primary N) is 1. The van der Waals surface area contributed by atoms with Crippen LogP contribution in [0.5, 0.6) is 0 Å². The summed E-state index contributed by atoms with van der Waals surface area (Å²) in [4.78, 5) is 15.4. The van der Waals surface area contributed by atoms with Gasteiger partial charge in [0.15, 0.2) is 21.3 Å². The number of nitrogens with zero attached hydrogens (tertiary/aromatic N) is 3. The van der Waals surface area contributed by atoms with Crippen molar-refractivity contribution in [1.29, 1.82) is 0 Å². The summed E-state index contributed by atoms with van der Waals surface area (Å²) in [5.74, 6) is 0.682. The molecule has 2 aromatic heterocycles. The molecule has 0 radical (unpaired) electrons. The normalized spacial score (nSPS) is 11.7. The van der Waals surface area contributed by atoms with E-state index in [4.69, 9.17) is 5.73 Å². The van der Waals surface area contributed by atoms with Gasteiger partial charge in [-0.3, -0.25) is 0 Å². The van der Waals surface area contributed by atoms with E-state index >= 15 is 0 Å². The van der Waals surface area contributed by atoms with Crippen molar-refractivity contribution < 1.29 is 8.42 Å². The summed E-state index contributed by atoms with van der Waals surface area (Å²) in [5.41, 5.74) is 7.71. The van der Waals surface area contributed by atoms with Crippen molar-refractivity contribution in [2.75, 3.05) is 17.3 Å². The zero-order valence-electron chi connectivity index (χ0n) is 11.7. The van der Waals surface area contributed by atoms with E-state index in [9.17, 15) is 8.42 Å². The van der Waals surface area contributed by atoms with Crippen LogP contribution < -0.4 is 11.1 Å². The molecule has 22 heavy (non-hydrogen) atoms. The quantitative estimate of drug-likeness (QED) is 0.653. The first kappa shape index (κ1) is 14.3. The zero-order valence-corrected chi connectivity index (χ0v) is 12.6. The molecule has 0 saturated heterocycles. The Bertz CT molecular complexity index is 917. The molecular formula is C13H14N6O2S. The molecule has 0 bridgehead atoms. The molecule has 0 atom stereocenters. The number of aromatic amines is 1. The Morgan fingerprint density at radius 2 is 1.95 bits per heavy atom. The van der Waals surface area contributed by atoms with Gasteiger partial charge in [-0.2, -0.15) is 9.97 Å². The van der Waals surface area contributed by atoms with Crippen LogP contribution in [0.2, 0.25) is 0 Å².